The molecule has 0 saturated carbocycles. The lowest BCUT2D eigenvalue weighted by atomic mass is 10.2. The van der Waals surface area contributed by atoms with Gasteiger partial charge in [0.1, 0.15) is 6.04 Å². The zero-order valence-electron chi connectivity index (χ0n) is 12.1. The normalized spacial score (nSPS) is 23.0. The first-order valence-electron chi connectivity index (χ1n) is 6.83. The van der Waals surface area contributed by atoms with Gasteiger partial charge in [0, 0.05) is 18.3 Å². The Morgan fingerprint density at radius 2 is 2.04 bits per heavy atom. The van der Waals surface area contributed by atoms with E-state index in [9.17, 15) is 22.0 Å². The number of sulfonamides is 1. The molecule has 10 heteroatoms. The summed E-state index contributed by atoms with van der Waals surface area (Å²) in [6.07, 6.45) is -1.70. The summed E-state index contributed by atoms with van der Waals surface area (Å²) in [5.41, 5.74) is 0.218. The van der Waals surface area contributed by atoms with Gasteiger partial charge in [0.25, 0.3) is 0 Å². The van der Waals surface area contributed by atoms with Gasteiger partial charge >= 0.3 is 6.29 Å². The quantitative estimate of drug-likeness (QED) is 0.892. The van der Waals surface area contributed by atoms with Crippen LogP contribution in [0.3, 0.4) is 0 Å². The summed E-state index contributed by atoms with van der Waals surface area (Å²) >= 11 is 0. The molecule has 1 fully saturated rings. The van der Waals surface area contributed by atoms with Crippen molar-refractivity contribution in [2.75, 3.05) is 18.1 Å². The smallest absolute Gasteiger partial charge is 0.395 e. The zero-order chi connectivity index (χ0) is 16.8. The van der Waals surface area contributed by atoms with Crippen LogP contribution in [0.1, 0.15) is 12.8 Å². The topological polar surface area (TPSA) is 84.9 Å². The highest BCUT2D eigenvalue weighted by Gasteiger charge is 2.43. The summed E-state index contributed by atoms with van der Waals surface area (Å²) in [4.78, 5) is 12.3. The molecule has 2 aliphatic heterocycles. The highest BCUT2D eigenvalue weighted by Crippen LogP contribution is 2.42. The third-order valence-electron chi connectivity index (χ3n) is 3.60. The summed E-state index contributed by atoms with van der Waals surface area (Å²) in [6.45, 7) is 0.282. The molecule has 23 heavy (non-hydrogen) atoms. The number of nitrogens with one attached hydrogen (secondary N) is 1. The molecule has 2 aliphatic rings. The van der Waals surface area contributed by atoms with E-state index in [0.29, 0.717) is 12.8 Å². The van der Waals surface area contributed by atoms with Gasteiger partial charge in [0.15, 0.2) is 11.5 Å². The van der Waals surface area contributed by atoms with Gasteiger partial charge in [-0.05, 0) is 25.0 Å². The molecule has 0 bridgehead atoms. The second-order valence-electron chi connectivity index (χ2n) is 5.35. The van der Waals surface area contributed by atoms with E-state index in [-0.39, 0.29) is 23.7 Å². The van der Waals surface area contributed by atoms with Gasteiger partial charge in [-0.15, -0.1) is 8.78 Å². The molecule has 0 radical (unpaired) electrons. The number of benzene rings is 1. The molecule has 1 aromatic carbocycles. The average Bonchev–Trinajstić information content (AvgIpc) is 3.00. The maximum absolute atomic E-state index is 13.0. The largest absolute Gasteiger partial charge is 0.586 e. The van der Waals surface area contributed by atoms with Gasteiger partial charge in [-0.25, -0.2) is 8.42 Å². The van der Waals surface area contributed by atoms with Crippen LogP contribution in [0.2, 0.25) is 0 Å². The fourth-order valence-electron chi connectivity index (χ4n) is 2.65. The van der Waals surface area contributed by atoms with Gasteiger partial charge in [-0.2, -0.15) is 4.31 Å². The fraction of sp³-hybridized carbons (Fsp3) is 0.462. The fourth-order valence-corrected chi connectivity index (χ4v) is 3.78. The van der Waals surface area contributed by atoms with Gasteiger partial charge in [-0.1, -0.05) is 0 Å². The standard InChI is InChI=1S/C13H14F2N2O5S/c1-23(19,20)17-6-2-3-9(17)12(18)16-8-4-5-10-11(7-8)22-13(14,15)21-10/h4-5,7,9H,2-3,6H2,1H3,(H,16,18)/t9-/m0/s1. The van der Waals surface area contributed by atoms with Crippen LogP contribution in [-0.4, -0.2) is 43.8 Å². The molecule has 0 unspecified atom stereocenters. The van der Waals surface area contributed by atoms with Crippen molar-refractivity contribution in [2.24, 2.45) is 0 Å². The maximum atomic E-state index is 13.0. The molecule has 0 aliphatic carbocycles. The Morgan fingerprint density at radius 1 is 1.35 bits per heavy atom. The Morgan fingerprint density at radius 3 is 2.74 bits per heavy atom. The number of anilines is 1. The van der Waals surface area contributed by atoms with Crippen LogP contribution < -0.4 is 14.8 Å². The van der Waals surface area contributed by atoms with Crippen molar-refractivity contribution in [2.45, 2.75) is 25.2 Å². The molecule has 126 valence electrons. The van der Waals surface area contributed by atoms with Crippen molar-refractivity contribution in [1.82, 2.24) is 4.31 Å². The number of nitrogens with zero attached hydrogens (tertiary/aromatic N) is 1. The van der Waals surface area contributed by atoms with E-state index in [0.717, 1.165) is 10.6 Å². The first kappa shape index (κ1) is 15.9. The lowest BCUT2D eigenvalue weighted by Crippen LogP contribution is -2.42. The van der Waals surface area contributed by atoms with Crippen LogP contribution in [0.5, 0.6) is 11.5 Å². The molecule has 1 amide bonds. The van der Waals surface area contributed by atoms with E-state index in [4.69, 9.17) is 0 Å². The molecule has 0 aromatic heterocycles. The SMILES string of the molecule is CS(=O)(=O)N1CCC[C@H]1C(=O)Nc1ccc2c(c1)OC(F)(F)O2. The van der Waals surface area contributed by atoms with Crippen molar-refractivity contribution in [3.05, 3.63) is 18.2 Å². The van der Waals surface area contributed by atoms with Crippen molar-refractivity contribution < 1.29 is 31.5 Å². The molecule has 1 atom stereocenters. The number of carbonyl (C=O) groups is 1. The van der Waals surface area contributed by atoms with Crippen LogP contribution in [-0.2, 0) is 14.8 Å². The lowest BCUT2D eigenvalue weighted by Gasteiger charge is -2.21. The Hall–Kier alpha value is -1.94. The number of ether oxygens (including phenoxy) is 2. The van der Waals surface area contributed by atoms with Crippen molar-refractivity contribution in [3.8, 4) is 11.5 Å². The second kappa shape index (κ2) is 5.31. The van der Waals surface area contributed by atoms with Gasteiger partial charge in [0.05, 0.1) is 6.26 Å². The number of hydrogen-bond donors (Lipinski definition) is 1. The van der Waals surface area contributed by atoms with E-state index in [2.05, 4.69) is 14.8 Å². The minimum absolute atomic E-state index is 0.133. The number of amides is 1. The van der Waals surface area contributed by atoms with Crippen LogP contribution in [0.25, 0.3) is 0 Å². The maximum Gasteiger partial charge on any atom is 0.586 e. The van der Waals surface area contributed by atoms with Gasteiger partial charge in [0.2, 0.25) is 15.9 Å². The van der Waals surface area contributed by atoms with Crippen molar-refractivity contribution in [1.29, 1.82) is 0 Å². The molecule has 0 spiro atoms. The Labute approximate surface area is 131 Å². The van der Waals surface area contributed by atoms with Crippen molar-refractivity contribution in [3.63, 3.8) is 0 Å². The molecule has 3 rings (SSSR count). The van der Waals surface area contributed by atoms with Crippen LogP contribution in [0.15, 0.2) is 18.2 Å². The molecular weight excluding hydrogens is 334 g/mol. The third kappa shape index (κ3) is 3.22. The zero-order valence-corrected chi connectivity index (χ0v) is 12.9. The summed E-state index contributed by atoms with van der Waals surface area (Å²) < 4.78 is 58.9. The summed E-state index contributed by atoms with van der Waals surface area (Å²) in [5.74, 6) is -0.843. The first-order valence-corrected chi connectivity index (χ1v) is 8.68. The summed E-state index contributed by atoms with van der Waals surface area (Å²) in [6, 6.07) is 3.01. The summed E-state index contributed by atoms with van der Waals surface area (Å²) in [5, 5.41) is 2.52. The second-order valence-corrected chi connectivity index (χ2v) is 7.29. The molecule has 2 heterocycles. The molecular formula is C13H14F2N2O5S. The summed E-state index contributed by atoms with van der Waals surface area (Å²) in [7, 11) is -3.49. The number of fused-ring (bicyclic) bond motifs is 1. The molecule has 1 aromatic rings. The van der Waals surface area contributed by atoms with E-state index in [1.165, 1.54) is 18.2 Å². The average molecular weight is 348 g/mol. The number of carbonyl (C=O) groups excluding carboxylic acids is 1. The Kier molecular flexibility index (Phi) is 3.68. The Balaban J connectivity index is 1.74. The molecule has 7 nitrogen and oxygen atoms in total. The molecule has 1 N–H and O–H groups in total. The van der Waals surface area contributed by atoms with Gasteiger partial charge < -0.3 is 14.8 Å². The van der Waals surface area contributed by atoms with E-state index >= 15 is 0 Å². The van der Waals surface area contributed by atoms with E-state index in [1.807, 2.05) is 0 Å². The van der Waals surface area contributed by atoms with Crippen LogP contribution in [0, 0.1) is 0 Å². The molecule has 1 saturated heterocycles. The minimum Gasteiger partial charge on any atom is -0.395 e. The monoisotopic (exact) mass is 348 g/mol. The van der Waals surface area contributed by atoms with E-state index in [1.54, 1.807) is 0 Å². The number of hydrogen-bond acceptors (Lipinski definition) is 5. The first-order chi connectivity index (χ1) is 10.7. The predicted octanol–water partition coefficient (Wildman–Crippen LogP) is 1.37. The van der Waals surface area contributed by atoms with Crippen LogP contribution in [0.4, 0.5) is 14.5 Å². The van der Waals surface area contributed by atoms with E-state index < -0.39 is 28.3 Å². The lowest BCUT2D eigenvalue weighted by molar-refractivity contribution is -0.286. The number of alkyl halides is 2. The third-order valence-corrected chi connectivity index (χ3v) is 4.89. The highest BCUT2D eigenvalue weighted by molar-refractivity contribution is 7.88. The highest BCUT2D eigenvalue weighted by atomic mass is 32.2. The van der Waals surface area contributed by atoms with Gasteiger partial charge in [-0.3, -0.25) is 4.79 Å². The minimum atomic E-state index is -3.73. The van der Waals surface area contributed by atoms with Crippen molar-refractivity contribution >= 4 is 21.6 Å². The number of rotatable bonds is 3. The Bertz CT molecular complexity index is 753. The van der Waals surface area contributed by atoms with Crippen LogP contribution >= 0.6 is 0 Å². The predicted molar refractivity (Wildman–Crippen MR) is 75.8 cm³/mol. The number of halogens is 2.